The summed E-state index contributed by atoms with van der Waals surface area (Å²) < 4.78 is 5.10. The summed E-state index contributed by atoms with van der Waals surface area (Å²) >= 11 is 1.95. The van der Waals surface area contributed by atoms with E-state index >= 15 is 0 Å². The number of hydrogen-bond donors (Lipinski definition) is 1. The van der Waals surface area contributed by atoms with Crippen molar-refractivity contribution in [3.63, 3.8) is 0 Å². The largest absolute Gasteiger partial charge is 0.383 e. The average molecular weight is 308 g/mol. The first-order valence-electron chi connectivity index (χ1n) is 7.38. The van der Waals surface area contributed by atoms with Crippen LogP contribution in [0.1, 0.15) is 18.5 Å². The van der Waals surface area contributed by atoms with Gasteiger partial charge in [0.15, 0.2) is 0 Å². The van der Waals surface area contributed by atoms with Crippen molar-refractivity contribution in [1.82, 2.24) is 10.2 Å². The number of carbonyl (C=O) groups is 1. The zero-order valence-electron chi connectivity index (χ0n) is 12.7. The number of rotatable bonds is 6. The SMILES string of the molecule is COCC(C)NC(=O)C(c1ccccc1)N1CCSCC1. The molecule has 1 heterocycles. The van der Waals surface area contributed by atoms with Crippen LogP contribution in [0.3, 0.4) is 0 Å². The Morgan fingerprint density at radius 1 is 1.33 bits per heavy atom. The normalized spacial score (nSPS) is 19.0. The van der Waals surface area contributed by atoms with Crippen LogP contribution in [0.5, 0.6) is 0 Å². The molecular formula is C16H24N2O2S. The monoisotopic (exact) mass is 308 g/mol. The van der Waals surface area contributed by atoms with E-state index in [0.29, 0.717) is 6.61 Å². The minimum Gasteiger partial charge on any atom is -0.383 e. The lowest BCUT2D eigenvalue weighted by molar-refractivity contribution is -0.127. The van der Waals surface area contributed by atoms with Gasteiger partial charge >= 0.3 is 0 Å². The molecule has 21 heavy (non-hydrogen) atoms. The van der Waals surface area contributed by atoms with Crippen molar-refractivity contribution in [3.8, 4) is 0 Å². The molecule has 1 fully saturated rings. The van der Waals surface area contributed by atoms with E-state index < -0.39 is 0 Å². The molecule has 1 N–H and O–H groups in total. The highest BCUT2D eigenvalue weighted by molar-refractivity contribution is 7.99. The number of nitrogens with zero attached hydrogens (tertiary/aromatic N) is 1. The van der Waals surface area contributed by atoms with Gasteiger partial charge in [-0.1, -0.05) is 30.3 Å². The molecule has 0 radical (unpaired) electrons. The Morgan fingerprint density at radius 3 is 2.62 bits per heavy atom. The molecule has 1 amide bonds. The minimum atomic E-state index is -0.202. The summed E-state index contributed by atoms with van der Waals surface area (Å²) in [5.74, 6) is 2.24. The van der Waals surface area contributed by atoms with Crippen LogP contribution in [0.4, 0.5) is 0 Å². The second kappa shape index (κ2) is 8.41. The Hall–Kier alpha value is -1.04. The Bertz CT molecular complexity index is 435. The van der Waals surface area contributed by atoms with Crippen LogP contribution in [0.15, 0.2) is 30.3 Å². The molecule has 0 aromatic heterocycles. The molecule has 2 atom stereocenters. The number of amides is 1. The van der Waals surface area contributed by atoms with Crippen molar-refractivity contribution in [2.24, 2.45) is 0 Å². The van der Waals surface area contributed by atoms with Crippen molar-refractivity contribution < 1.29 is 9.53 Å². The van der Waals surface area contributed by atoms with Crippen LogP contribution in [0.25, 0.3) is 0 Å². The Morgan fingerprint density at radius 2 is 2.00 bits per heavy atom. The van der Waals surface area contributed by atoms with Gasteiger partial charge in [-0.2, -0.15) is 11.8 Å². The van der Waals surface area contributed by atoms with Gasteiger partial charge in [0, 0.05) is 37.7 Å². The predicted octanol–water partition coefficient (Wildman–Crippen LogP) is 1.93. The topological polar surface area (TPSA) is 41.6 Å². The standard InChI is InChI=1S/C16H24N2O2S/c1-13(12-20-2)17-16(19)15(14-6-4-3-5-7-14)18-8-10-21-11-9-18/h3-7,13,15H,8-12H2,1-2H3,(H,17,19). The smallest absolute Gasteiger partial charge is 0.242 e. The Kier molecular flexibility index (Phi) is 6.54. The van der Waals surface area contributed by atoms with Crippen LogP contribution in [-0.2, 0) is 9.53 Å². The molecule has 5 heteroatoms. The summed E-state index contributed by atoms with van der Waals surface area (Å²) in [4.78, 5) is 15.0. The molecule has 2 unspecified atom stereocenters. The molecule has 116 valence electrons. The fourth-order valence-electron chi connectivity index (χ4n) is 2.61. The Balaban J connectivity index is 2.13. The second-order valence-corrected chi connectivity index (χ2v) is 6.55. The zero-order chi connectivity index (χ0) is 15.1. The molecule has 2 rings (SSSR count). The van der Waals surface area contributed by atoms with Crippen molar-refractivity contribution >= 4 is 17.7 Å². The number of methoxy groups -OCH3 is 1. The van der Waals surface area contributed by atoms with E-state index in [4.69, 9.17) is 4.74 Å². The lowest BCUT2D eigenvalue weighted by Gasteiger charge is -2.34. The third kappa shape index (κ3) is 4.73. The van der Waals surface area contributed by atoms with Gasteiger partial charge < -0.3 is 10.1 Å². The van der Waals surface area contributed by atoms with E-state index in [1.807, 2.05) is 49.0 Å². The summed E-state index contributed by atoms with van der Waals surface area (Å²) in [7, 11) is 1.65. The molecular weight excluding hydrogens is 284 g/mol. The maximum Gasteiger partial charge on any atom is 0.242 e. The molecule has 0 saturated carbocycles. The highest BCUT2D eigenvalue weighted by atomic mass is 32.2. The highest BCUT2D eigenvalue weighted by Crippen LogP contribution is 2.24. The van der Waals surface area contributed by atoms with Gasteiger partial charge in [0.25, 0.3) is 0 Å². The third-order valence-electron chi connectivity index (χ3n) is 3.58. The van der Waals surface area contributed by atoms with Gasteiger partial charge in [0.05, 0.1) is 6.61 Å². The molecule has 1 aliphatic heterocycles. The summed E-state index contributed by atoms with van der Waals surface area (Å²) in [6.45, 7) is 4.41. The maximum absolute atomic E-state index is 12.7. The summed E-state index contributed by atoms with van der Waals surface area (Å²) in [6, 6.07) is 9.86. The zero-order valence-corrected chi connectivity index (χ0v) is 13.6. The summed E-state index contributed by atoms with van der Waals surface area (Å²) in [6.07, 6.45) is 0. The van der Waals surface area contributed by atoms with Crippen LogP contribution in [0.2, 0.25) is 0 Å². The number of hydrogen-bond acceptors (Lipinski definition) is 4. The van der Waals surface area contributed by atoms with Gasteiger partial charge in [-0.3, -0.25) is 9.69 Å². The first-order valence-corrected chi connectivity index (χ1v) is 8.54. The molecule has 1 saturated heterocycles. The lowest BCUT2D eigenvalue weighted by Crippen LogP contribution is -2.47. The van der Waals surface area contributed by atoms with Crippen molar-refractivity contribution in [3.05, 3.63) is 35.9 Å². The van der Waals surface area contributed by atoms with Crippen LogP contribution in [-0.4, -0.2) is 55.2 Å². The summed E-state index contributed by atoms with van der Waals surface area (Å²) in [5.41, 5.74) is 1.06. The minimum absolute atomic E-state index is 0.0212. The van der Waals surface area contributed by atoms with E-state index in [0.717, 1.165) is 30.2 Å². The second-order valence-electron chi connectivity index (χ2n) is 5.33. The van der Waals surface area contributed by atoms with E-state index in [2.05, 4.69) is 10.2 Å². The number of benzene rings is 1. The van der Waals surface area contributed by atoms with Gasteiger partial charge in [-0.15, -0.1) is 0 Å². The fourth-order valence-corrected chi connectivity index (χ4v) is 3.54. The molecule has 1 aromatic rings. The third-order valence-corrected chi connectivity index (χ3v) is 4.52. The van der Waals surface area contributed by atoms with Crippen LogP contribution >= 0.6 is 11.8 Å². The van der Waals surface area contributed by atoms with Crippen molar-refractivity contribution in [2.45, 2.75) is 19.0 Å². The molecule has 0 aliphatic carbocycles. The van der Waals surface area contributed by atoms with Gasteiger partial charge in [-0.05, 0) is 12.5 Å². The molecule has 0 spiro atoms. The summed E-state index contributed by atoms with van der Waals surface area (Å²) in [5, 5.41) is 3.06. The first kappa shape index (κ1) is 16.3. The fraction of sp³-hybridized carbons (Fsp3) is 0.562. The van der Waals surface area contributed by atoms with Crippen LogP contribution < -0.4 is 5.32 Å². The predicted molar refractivity (Wildman–Crippen MR) is 87.6 cm³/mol. The van der Waals surface area contributed by atoms with E-state index in [1.54, 1.807) is 7.11 Å². The van der Waals surface area contributed by atoms with Crippen LogP contribution in [0, 0.1) is 0 Å². The maximum atomic E-state index is 12.7. The average Bonchev–Trinajstić information content (AvgIpc) is 2.50. The van der Waals surface area contributed by atoms with Gasteiger partial charge in [-0.25, -0.2) is 0 Å². The highest BCUT2D eigenvalue weighted by Gasteiger charge is 2.29. The molecule has 1 aliphatic rings. The van der Waals surface area contributed by atoms with Crippen molar-refractivity contribution in [1.29, 1.82) is 0 Å². The first-order chi connectivity index (χ1) is 10.2. The Labute approximate surface area is 131 Å². The molecule has 0 bridgehead atoms. The van der Waals surface area contributed by atoms with E-state index in [-0.39, 0.29) is 18.0 Å². The number of thioether (sulfide) groups is 1. The van der Waals surface area contributed by atoms with Gasteiger partial charge in [0.2, 0.25) is 5.91 Å². The lowest BCUT2D eigenvalue weighted by atomic mass is 10.0. The molecule has 4 nitrogen and oxygen atoms in total. The van der Waals surface area contributed by atoms with Crippen molar-refractivity contribution in [2.75, 3.05) is 38.3 Å². The number of nitrogens with one attached hydrogen (secondary N) is 1. The quantitative estimate of drug-likeness (QED) is 0.872. The van der Waals surface area contributed by atoms with Gasteiger partial charge in [0.1, 0.15) is 6.04 Å². The number of ether oxygens (including phenoxy) is 1. The number of carbonyl (C=O) groups excluding carboxylic acids is 1. The van der Waals surface area contributed by atoms with E-state index in [1.165, 1.54) is 0 Å². The van der Waals surface area contributed by atoms with E-state index in [9.17, 15) is 4.79 Å². The molecule has 1 aromatic carbocycles.